The molecular formula is C15H14N4O. The van der Waals surface area contributed by atoms with E-state index in [1.165, 1.54) is 0 Å². The molecule has 1 aromatic carbocycles. The van der Waals surface area contributed by atoms with Crippen molar-refractivity contribution in [1.82, 2.24) is 15.3 Å². The Labute approximate surface area is 117 Å². The van der Waals surface area contributed by atoms with Gasteiger partial charge in [-0.15, -0.1) is 0 Å². The van der Waals surface area contributed by atoms with Crippen molar-refractivity contribution in [3.8, 4) is 23.2 Å². The summed E-state index contributed by atoms with van der Waals surface area (Å²) in [5, 5.41) is 12.3. The van der Waals surface area contributed by atoms with Crippen LogP contribution in [0.1, 0.15) is 16.8 Å². The van der Waals surface area contributed by atoms with Crippen LogP contribution in [-0.2, 0) is 13.0 Å². The van der Waals surface area contributed by atoms with Crippen molar-refractivity contribution in [3.63, 3.8) is 0 Å². The van der Waals surface area contributed by atoms with Gasteiger partial charge in [0.05, 0.1) is 18.4 Å². The predicted molar refractivity (Wildman–Crippen MR) is 74.1 cm³/mol. The Balaban J connectivity index is 2.03. The molecule has 2 aromatic rings. The van der Waals surface area contributed by atoms with E-state index in [9.17, 15) is 0 Å². The average Bonchev–Trinajstić information content (AvgIpc) is 2.53. The third kappa shape index (κ3) is 2.22. The van der Waals surface area contributed by atoms with Crippen LogP contribution in [0, 0.1) is 11.3 Å². The van der Waals surface area contributed by atoms with Gasteiger partial charge in [-0.25, -0.2) is 9.97 Å². The Morgan fingerprint density at radius 1 is 1.40 bits per heavy atom. The zero-order valence-electron chi connectivity index (χ0n) is 11.2. The molecule has 5 heteroatoms. The molecular weight excluding hydrogens is 252 g/mol. The Morgan fingerprint density at radius 2 is 2.30 bits per heavy atom. The van der Waals surface area contributed by atoms with E-state index < -0.39 is 0 Å². The maximum Gasteiger partial charge on any atom is 0.159 e. The highest BCUT2D eigenvalue weighted by atomic mass is 16.5. The molecule has 1 aliphatic heterocycles. The molecule has 0 spiro atoms. The first-order valence-electron chi connectivity index (χ1n) is 6.46. The molecule has 3 rings (SSSR count). The van der Waals surface area contributed by atoms with E-state index in [1.807, 2.05) is 12.3 Å². The maximum atomic E-state index is 9.00. The van der Waals surface area contributed by atoms with Crippen LogP contribution in [0.25, 0.3) is 11.4 Å². The van der Waals surface area contributed by atoms with Crippen LogP contribution in [0.2, 0.25) is 0 Å². The lowest BCUT2D eigenvalue weighted by Crippen LogP contribution is -2.24. The fourth-order valence-electron chi connectivity index (χ4n) is 2.30. The lowest BCUT2D eigenvalue weighted by Gasteiger charge is -2.16. The van der Waals surface area contributed by atoms with Gasteiger partial charge < -0.3 is 10.1 Å². The number of hydrogen-bond donors (Lipinski definition) is 1. The predicted octanol–water partition coefficient (Wildman–Crippen LogP) is 1.67. The quantitative estimate of drug-likeness (QED) is 0.895. The summed E-state index contributed by atoms with van der Waals surface area (Å²) in [5.74, 6) is 1.22. The molecule has 20 heavy (non-hydrogen) atoms. The van der Waals surface area contributed by atoms with E-state index in [2.05, 4.69) is 21.4 Å². The number of methoxy groups -OCH3 is 1. The summed E-state index contributed by atoms with van der Waals surface area (Å²) in [6, 6.07) is 7.49. The van der Waals surface area contributed by atoms with Crippen LogP contribution in [0.4, 0.5) is 0 Å². The number of nitriles is 1. The summed E-state index contributed by atoms with van der Waals surface area (Å²) < 4.78 is 5.22. The van der Waals surface area contributed by atoms with E-state index >= 15 is 0 Å². The number of nitrogens with zero attached hydrogens (tertiary/aromatic N) is 3. The summed E-state index contributed by atoms with van der Waals surface area (Å²) in [4.78, 5) is 9.03. The lowest BCUT2D eigenvalue weighted by molar-refractivity contribution is 0.413. The Morgan fingerprint density at radius 3 is 3.10 bits per heavy atom. The summed E-state index contributed by atoms with van der Waals surface area (Å²) >= 11 is 0. The van der Waals surface area contributed by atoms with Crippen LogP contribution in [0.15, 0.2) is 24.4 Å². The SMILES string of the molecule is COc1cc(-c2ncc3c(n2)CCNC3)ccc1C#N. The topological polar surface area (TPSA) is 70.8 Å². The Bertz CT molecular complexity index is 691. The molecule has 0 radical (unpaired) electrons. The highest BCUT2D eigenvalue weighted by molar-refractivity contribution is 5.61. The zero-order chi connectivity index (χ0) is 13.9. The molecule has 1 aromatic heterocycles. The molecule has 0 unspecified atom stereocenters. The monoisotopic (exact) mass is 266 g/mol. The lowest BCUT2D eigenvalue weighted by atomic mass is 10.1. The van der Waals surface area contributed by atoms with Gasteiger partial charge in [-0.1, -0.05) is 0 Å². The summed E-state index contributed by atoms with van der Waals surface area (Å²) in [6.07, 6.45) is 2.78. The third-order valence-electron chi connectivity index (χ3n) is 3.39. The van der Waals surface area contributed by atoms with Crippen molar-refractivity contribution in [2.75, 3.05) is 13.7 Å². The van der Waals surface area contributed by atoms with Crippen LogP contribution < -0.4 is 10.1 Å². The smallest absolute Gasteiger partial charge is 0.159 e. The summed E-state index contributed by atoms with van der Waals surface area (Å²) in [7, 11) is 1.55. The van der Waals surface area contributed by atoms with Crippen molar-refractivity contribution in [2.45, 2.75) is 13.0 Å². The van der Waals surface area contributed by atoms with Crippen molar-refractivity contribution in [2.24, 2.45) is 0 Å². The van der Waals surface area contributed by atoms with Gasteiger partial charge in [0.15, 0.2) is 5.82 Å². The molecule has 0 saturated heterocycles. The highest BCUT2D eigenvalue weighted by Crippen LogP contribution is 2.25. The van der Waals surface area contributed by atoms with Crippen LogP contribution in [0.3, 0.4) is 0 Å². The largest absolute Gasteiger partial charge is 0.495 e. The van der Waals surface area contributed by atoms with Crippen LogP contribution >= 0.6 is 0 Å². The number of fused-ring (bicyclic) bond motifs is 1. The van der Waals surface area contributed by atoms with Crippen molar-refractivity contribution in [3.05, 3.63) is 41.2 Å². The van der Waals surface area contributed by atoms with E-state index in [1.54, 1.807) is 19.2 Å². The van der Waals surface area contributed by atoms with Crippen molar-refractivity contribution in [1.29, 1.82) is 5.26 Å². The summed E-state index contributed by atoms with van der Waals surface area (Å²) in [6.45, 7) is 1.77. The van der Waals surface area contributed by atoms with Crippen molar-refractivity contribution >= 4 is 0 Å². The minimum Gasteiger partial charge on any atom is -0.495 e. The molecule has 0 fully saturated rings. The van der Waals surface area contributed by atoms with Gasteiger partial charge in [-0.3, -0.25) is 0 Å². The minimum absolute atomic E-state index is 0.512. The van der Waals surface area contributed by atoms with Gasteiger partial charge in [0.2, 0.25) is 0 Å². The molecule has 1 N–H and O–H groups in total. The normalized spacial score (nSPS) is 13.4. The van der Waals surface area contributed by atoms with E-state index in [-0.39, 0.29) is 0 Å². The standard InChI is InChI=1S/C15H14N4O/c1-20-14-6-10(2-3-11(14)7-16)15-18-9-12-8-17-5-4-13(12)19-15/h2-3,6,9,17H,4-5,8H2,1H3. The molecule has 5 nitrogen and oxygen atoms in total. The van der Waals surface area contributed by atoms with Crippen LogP contribution in [-0.4, -0.2) is 23.6 Å². The number of hydrogen-bond acceptors (Lipinski definition) is 5. The zero-order valence-corrected chi connectivity index (χ0v) is 11.2. The van der Waals surface area contributed by atoms with E-state index in [0.29, 0.717) is 17.1 Å². The number of ether oxygens (including phenoxy) is 1. The number of rotatable bonds is 2. The third-order valence-corrected chi connectivity index (χ3v) is 3.39. The number of benzene rings is 1. The van der Waals surface area contributed by atoms with Gasteiger partial charge in [-0.2, -0.15) is 5.26 Å². The molecule has 1 aliphatic rings. The fourth-order valence-corrected chi connectivity index (χ4v) is 2.30. The second-order valence-corrected chi connectivity index (χ2v) is 4.62. The molecule has 2 heterocycles. The molecule has 0 bridgehead atoms. The molecule has 0 aliphatic carbocycles. The first kappa shape index (κ1) is 12.6. The van der Waals surface area contributed by atoms with E-state index in [4.69, 9.17) is 10.00 Å². The fraction of sp³-hybridized carbons (Fsp3) is 0.267. The highest BCUT2D eigenvalue weighted by Gasteiger charge is 2.13. The second kappa shape index (κ2) is 5.27. The molecule has 0 saturated carbocycles. The van der Waals surface area contributed by atoms with Gasteiger partial charge in [0.25, 0.3) is 0 Å². The first-order chi connectivity index (χ1) is 9.81. The number of nitrogens with one attached hydrogen (secondary N) is 1. The second-order valence-electron chi connectivity index (χ2n) is 4.62. The molecule has 0 amide bonds. The first-order valence-corrected chi connectivity index (χ1v) is 6.46. The van der Waals surface area contributed by atoms with Gasteiger partial charge in [0.1, 0.15) is 11.8 Å². The van der Waals surface area contributed by atoms with Gasteiger partial charge in [0, 0.05) is 36.8 Å². The summed E-state index contributed by atoms with van der Waals surface area (Å²) in [5.41, 5.74) is 3.62. The van der Waals surface area contributed by atoms with Crippen LogP contribution in [0.5, 0.6) is 5.75 Å². The maximum absolute atomic E-state index is 9.00. The average molecular weight is 266 g/mol. The van der Waals surface area contributed by atoms with Gasteiger partial charge >= 0.3 is 0 Å². The Hall–Kier alpha value is -2.45. The Kier molecular flexibility index (Phi) is 3.32. The molecule has 100 valence electrons. The number of aromatic nitrogens is 2. The van der Waals surface area contributed by atoms with Gasteiger partial charge in [-0.05, 0) is 18.2 Å². The minimum atomic E-state index is 0.512. The van der Waals surface area contributed by atoms with E-state index in [0.717, 1.165) is 36.3 Å². The molecule has 0 atom stereocenters. The van der Waals surface area contributed by atoms with Crippen molar-refractivity contribution < 1.29 is 4.74 Å².